The predicted molar refractivity (Wildman–Crippen MR) is 448 cm³/mol. The maximum atomic E-state index is 11.8. The predicted octanol–water partition coefficient (Wildman–Crippen LogP) is 6.71. The number of methoxy groups -OCH3 is 3. The maximum absolute atomic E-state index is 11.8. The van der Waals surface area contributed by atoms with Gasteiger partial charge in [0.2, 0.25) is 36.1 Å². The zero-order valence-electron chi connectivity index (χ0n) is 70.9. The minimum absolute atomic E-state index is 0. The summed E-state index contributed by atoms with van der Waals surface area (Å²) in [5.74, 6) is -1.38. The fourth-order valence-corrected chi connectivity index (χ4v) is 7.75. The zero-order chi connectivity index (χ0) is 87.9. The standard InChI is InChI=1S/C11H18N2O4.C11H22N2O4.C11H20N2O3.2C10H18N2O3.C6H12N2O.C5H10N2O.C3H7NO2.C3H3N.CH3F.CH4O.5CH4/c1-11(2,3)17-10(15)13(7-6-12-4)8-9(14)16-5;1-11(2,3)17-10(15)13(7-5-6-12)8-9(14)16-4;1-11(2,3)16-10(15)13-7-5-6-12(4)9(14)8-13;2*1-10(2,3)15-9(14)12-6-4-5-11-8(13)7-12;1-8-4-2-3-7-5-6(8)9;8-5-4-6-2-1-3-7-5;1-6-3(5)2-4;1-3-4-2;2*1-2;;;;;/h6-8H2,1-3,5H3;5-8,12H2,1-4H3;5-8H2,1-4H3;2*4-7H2,1-3H3,(H,11,13);7H,2-5H2,1H3;6H,1-4H2,(H,7,8);2,4H2,1H3;3H,1H2;1H3;2H,1H3;5*1H4/i;;;;;;;;;1D;;;;;;. The van der Waals surface area contributed by atoms with Gasteiger partial charge in [0.1, 0.15) is 66.9 Å². The SMILES string of the molecule is C.C.C.C.C.CC(C)(C)OC(=O)N1CCCNC(=O)C1.CC(C)(C)OC(=O)N1CCCNC(=O)C1.CN1CCCN(C(=O)OC(C)(C)C)CC1=O.CN1CCCNCC1=O.CO.COC(=O)CN.COC(=O)CN(CCCN)C(=O)OC(C)(C)C.O=C1CNCCCN1.[2H]CF.[C-]#[N+]C=C.[C-]#[N+]CCN(CC(=O)OC)C(=O)OC(C)(C)C. The summed E-state index contributed by atoms with van der Waals surface area (Å²) < 4.78 is 54.5. The van der Waals surface area contributed by atoms with Crippen LogP contribution in [0.15, 0.2) is 12.8 Å². The number of ether oxygens (including phenoxy) is 8. The van der Waals surface area contributed by atoms with Crippen molar-refractivity contribution >= 4 is 77.9 Å². The second-order valence-electron chi connectivity index (χ2n) is 28.6. The Morgan fingerprint density at radius 1 is 0.509 bits per heavy atom. The van der Waals surface area contributed by atoms with E-state index in [1.54, 1.807) is 58.4 Å². The Kier molecular flexibility index (Phi) is 81.7. The molecule has 0 radical (unpaired) electrons. The molecule has 0 aliphatic carbocycles. The highest BCUT2D eigenvalue weighted by Crippen LogP contribution is 2.16. The van der Waals surface area contributed by atoms with Crippen LogP contribution in [0.2, 0.25) is 0 Å². The van der Waals surface area contributed by atoms with Crippen molar-refractivity contribution in [3.05, 3.63) is 35.6 Å². The molecule has 0 unspecified atom stereocenters. The van der Waals surface area contributed by atoms with Gasteiger partial charge in [0.25, 0.3) is 0 Å². The van der Waals surface area contributed by atoms with Crippen LogP contribution in [0.3, 0.4) is 0 Å². The number of nitrogens with zero attached hydrogens (tertiary/aromatic N) is 9. The molecule has 5 saturated heterocycles. The average molecular weight is 1680 g/mol. The first-order chi connectivity index (χ1) is 52.0. The van der Waals surface area contributed by atoms with Gasteiger partial charge in [-0.15, -0.1) is 6.58 Å². The van der Waals surface area contributed by atoms with Crippen molar-refractivity contribution in [3.8, 4) is 0 Å². The lowest BCUT2D eigenvalue weighted by molar-refractivity contribution is -0.142. The number of alkyl halides is 1. The van der Waals surface area contributed by atoms with E-state index in [9.17, 15) is 66.7 Å². The van der Waals surface area contributed by atoms with Crippen molar-refractivity contribution in [2.24, 2.45) is 11.5 Å². The van der Waals surface area contributed by atoms with Gasteiger partial charge in [0.15, 0.2) is 0 Å². The van der Waals surface area contributed by atoms with Crippen LogP contribution in [-0.2, 0) is 76.3 Å². The summed E-state index contributed by atoms with van der Waals surface area (Å²) in [5.41, 5.74) is 7.41. The molecule has 0 aromatic rings. The molecule has 0 saturated carbocycles. The first kappa shape index (κ1) is 127. The molecule has 38 nitrogen and oxygen atoms in total. The van der Waals surface area contributed by atoms with E-state index in [0.717, 1.165) is 70.3 Å². The van der Waals surface area contributed by atoms with E-state index in [1.165, 1.54) is 47.1 Å². The molecular formula is C77H155FN16O22. The van der Waals surface area contributed by atoms with Crippen LogP contribution in [-0.4, -0.2) is 339 Å². The molecule has 0 atom stereocenters. The number of amides is 10. The first-order valence-corrected chi connectivity index (χ1v) is 35.8. The minimum atomic E-state index is -1.00. The normalized spacial score (nSPS) is 14.2. The van der Waals surface area contributed by atoms with E-state index in [4.69, 9.17) is 54.8 Å². The summed E-state index contributed by atoms with van der Waals surface area (Å²) in [6, 6.07) is 0. The molecule has 5 heterocycles. The van der Waals surface area contributed by atoms with Gasteiger partial charge in [-0.1, -0.05) is 37.1 Å². The van der Waals surface area contributed by atoms with E-state index >= 15 is 0 Å². The van der Waals surface area contributed by atoms with Gasteiger partial charge in [0.05, 0.1) is 62.6 Å². The molecule has 39 heteroatoms. The van der Waals surface area contributed by atoms with E-state index in [1.807, 2.05) is 69.4 Å². The fourth-order valence-electron chi connectivity index (χ4n) is 7.75. The van der Waals surface area contributed by atoms with E-state index in [0.29, 0.717) is 71.9 Å². The van der Waals surface area contributed by atoms with E-state index in [2.05, 4.69) is 57.1 Å². The van der Waals surface area contributed by atoms with Gasteiger partial charge in [0, 0.05) is 80.1 Å². The molecule has 116 heavy (non-hydrogen) atoms. The summed E-state index contributed by atoms with van der Waals surface area (Å²) in [7, 11) is 7.41. The third kappa shape index (κ3) is 81.1. The minimum Gasteiger partial charge on any atom is -0.468 e. The number of likely N-dealkylation sites (N-methyl/N-ethyl adjacent to an activating group) is 2. The van der Waals surface area contributed by atoms with Crippen LogP contribution < -0.4 is 38.1 Å². The lowest BCUT2D eigenvalue weighted by atomic mass is 10.2. The topological polar surface area (TPSA) is 460 Å². The van der Waals surface area contributed by atoms with Crippen molar-refractivity contribution in [2.75, 3.05) is 194 Å². The van der Waals surface area contributed by atoms with Gasteiger partial charge >= 0.3 is 48.4 Å². The number of carbonyl (C=O) groups excluding carboxylic acids is 13. The summed E-state index contributed by atoms with van der Waals surface area (Å²) in [4.78, 5) is 162. The Morgan fingerprint density at radius 3 is 1.17 bits per heavy atom. The Bertz CT molecular complexity index is 2770. The summed E-state index contributed by atoms with van der Waals surface area (Å²) >= 11 is 0. The van der Waals surface area contributed by atoms with E-state index in [-0.39, 0.29) is 125 Å². The van der Waals surface area contributed by atoms with Crippen molar-refractivity contribution < 1.29 is 111 Å². The third-order valence-corrected chi connectivity index (χ3v) is 12.8. The lowest BCUT2D eigenvalue weighted by Gasteiger charge is -2.26. The number of aliphatic hydroxyl groups excluding tert-OH is 1. The Morgan fingerprint density at radius 2 is 0.828 bits per heavy atom. The molecule has 5 aliphatic heterocycles. The van der Waals surface area contributed by atoms with Gasteiger partial charge in [-0.25, -0.2) is 35.4 Å². The van der Waals surface area contributed by atoms with Crippen LogP contribution in [0, 0.1) is 13.1 Å². The number of esters is 3. The van der Waals surface area contributed by atoms with Crippen molar-refractivity contribution in [3.63, 3.8) is 0 Å². The highest BCUT2D eigenvalue weighted by molar-refractivity contribution is 5.84. The molecule has 0 aromatic carbocycles. The number of nitrogens with one attached hydrogen (secondary N) is 5. The molecular weight excluding hydrogens is 1520 g/mol. The smallest absolute Gasteiger partial charge is 0.411 e. The maximum Gasteiger partial charge on any atom is 0.411 e. The number of rotatable bonds is 10. The average Bonchev–Trinajstić information content (AvgIpc) is 1.83. The van der Waals surface area contributed by atoms with Crippen molar-refractivity contribution in [1.29, 1.82) is 0 Å². The van der Waals surface area contributed by atoms with Gasteiger partial charge in [-0.05, 0) is 162 Å². The van der Waals surface area contributed by atoms with Crippen LogP contribution in [0.25, 0.3) is 9.69 Å². The molecule has 0 bridgehead atoms. The molecule has 10 N–H and O–H groups in total. The third-order valence-electron chi connectivity index (χ3n) is 12.8. The van der Waals surface area contributed by atoms with Gasteiger partial charge in [-0.2, -0.15) is 0 Å². The molecule has 0 spiro atoms. The van der Waals surface area contributed by atoms with E-state index < -0.39 is 77.6 Å². The van der Waals surface area contributed by atoms with Gasteiger partial charge < -0.3 is 95.7 Å². The lowest BCUT2D eigenvalue weighted by Crippen LogP contribution is -2.41. The number of carbonyl (C=O) groups is 13. The van der Waals surface area contributed by atoms with Crippen LogP contribution >= 0.6 is 0 Å². The van der Waals surface area contributed by atoms with Crippen LogP contribution in [0.5, 0.6) is 0 Å². The second-order valence-corrected chi connectivity index (χ2v) is 28.6. The number of hydrogen-bond donors (Lipinski definition) is 8. The number of hydrogen-bond acceptors (Lipinski definition) is 26. The number of halogens is 1. The largest absolute Gasteiger partial charge is 0.468 e. The molecule has 682 valence electrons. The summed E-state index contributed by atoms with van der Waals surface area (Å²) in [5, 5.41) is 21.2. The Balaban J connectivity index is -0.000000121. The molecule has 5 rings (SSSR count). The number of aliphatic hydroxyl groups is 1. The quantitative estimate of drug-likeness (QED) is 0.0640. The summed E-state index contributed by atoms with van der Waals surface area (Å²) in [6.45, 7) is 51.9. The van der Waals surface area contributed by atoms with Crippen LogP contribution in [0.4, 0.5) is 28.4 Å². The fraction of sp³-hybridized carbons (Fsp3) is 0.779. The molecule has 0 aromatic heterocycles. The molecule has 5 fully saturated rings. The molecule has 5 aliphatic rings. The van der Waals surface area contributed by atoms with Crippen molar-refractivity contribution in [2.45, 2.75) is 208 Å². The Hall–Kier alpha value is -9.44. The monoisotopic (exact) mass is 1680 g/mol. The van der Waals surface area contributed by atoms with Crippen LogP contribution in [0.1, 0.15) is 181 Å². The highest BCUT2D eigenvalue weighted by Gasteiger charge is 2.30. The Labute approximate surface area is 695 Å². The van der Waals surface area contributed by atoms with Gasteiger partial charge in [-0.3, -0.25) is 67.2 Å². The van der Waals surface area contributed by atoms with Crippen molar-refractivity contribution in [1.82, 2.24) is 60.9 Å². The molecule has 10 amide bonds. The first-order valence-electron chi connectivity index (χ1n) is 36.5. The zero-order valence-corrected chi connectivity index (χ0v) is 69.9. The highest BCUT2D eigenvalue weighted by atomic mass is 19.1. The number of nitrogens with two attached hydrogens (primary N) is 2. The summed E-state index contributed by atoms with van der Waals surface area (Å²) in [6.07, 6.45) is 3.83. The second kappa shape index (κ2) is 74.4.